The summed E-state index contributed by atoms with van der Waals surface area (Å²) in [7, 11) is -2.14. The molecule has 0 amide bonds. The Morgan fingerprint density at radius 2 is 1.65 bits per heavy atom. The molecule has 2 aromatic carbocycles. The average molecular weight is 439 g/mol. The summed E-state index contributed by atoms with van der Waals surface area (Å²) in [5.74, 6) is 1.49. The fraction of sp³-hybridized carbons (Fsp3) is 0.261. The van der Waals surface area contributed by atoms with E-state index >= 15 is 0 Å². The van der Waals surface area contributed by atoms with Crippen LogP contribution >= 0.6 is 0 Å². The smallest absolute Gasteiger partial charge is 0.261 e. The second kappa shape index (κ2) is 8.85. The van der Waals surface area contributed by atoms with Gasteiger partial charge in [0.15, 0.2) is 0 Å². The molecule has 8 heteroatoms. The van der Waals surface area contributed by atoms with Crippen molar-refractivity contribution in [1.82, 2.24) is 4.98 Å². The standard InChI is InChI=1S/C23H26N4O3S/c1-18-16-21(9-10-22(18)30-2)31(28,29)25-19-8-11-23(24-17-19)27-14-12-26(13-15-27)20-6-4-3-5-7-20/h3-11,16-17,25H,12-15H2,1-2H3. The highest BCUT2D eigenvalue weighted by molar-refractivity contribution is 7.92. The zero-order valence-corrected chi connectivity index (χ0v) is 18.5. The fourth-order valence-corrected chi connectivity index (χ4v) is 4.83. The maximum absolute atomic E-state index is 12.7. The second-order valence-corrected chi connectivity index (χ2v) is 9.13. The lowest BCUT2D eigenvalue weighted by Gasteiger charge is -2.36. The number of rotatable bonds is 6. The predicted octanol–water partition coefficient (Wildman–Crippen LogP) is 3.53. The number of pyridine rings is 1. The van der Waals surface area contributed by atoms with E-state index in [1.165, 1.54) is 11.8 Å². The van der Waals surface area contributed by atoms with Gasteiger partial charge in [0.25, 0.3) is 10.0 Å². The van der Waals surface area contributed by atoms with E-state index in [0.29, 0.717) is 11.4 Å². The predicted molar refractivity (Wildman–Crippen MR) is 124 cm³/mol. The molecule has 31 heavy (non-hydrogen) atoms. The SMILES string of the molecule is COc1ccc(S(=O)(=O)Nc2ccc(N3CCN(c4ccccc4)CC3)nc2)cc1C. The van der Waals surface area contributed by atoms with Gasteiger partial charge in [-0.25, -0.2) is 13.4 Å². The lowest BCUT2D eigenvalue weighted by atomic mass is 10.2. The third kappa shape index (κ3) is 4.74. The van der Waals surface area contributed by atoms with Crippen molar-refractivity contribution in [3.8, 4) is 5.75 Å². The number of piperazine rings is 1. The molecule has 0 unspecified atom stereocenters. The molecule has 1 aromatic heterocycles. The van der Waals surface area contributed by atoms with Crippen molar-refractivity contribution in [2.24, 2.45) is 0 Å². The Hall–Kier alpha value is -3.26. The Kier molecular flexibility index (Phi) is 5.99. The molecule has 1 fully saturated rings. The molecular formula is C23H26N4O3S. The topological polar surface area (TPSA) is 74.8 Å². The molecule has 1 aliphatic rings. The number of aromatic nitrogens is 1. The van der Waals surface area contributed by atoms with Crippen molar-refractivity contribution in [2.75, 3.05) is 47.8 Å². The summed E-state index contributed by atoms with van der Waals surface area (Å²) in [5, 5.41) is 0. The summed E-state index contributed by atoms with van der Waals surface area (Å²) < 4.78 is 33.2. The van der Waals surface area contributed by atoms with Gasteiger partial charge in [-0.2, -0.15) is 0 Å². The number of nitrogens with one attached hydrogen (secondary N) is 1. The molecule has 1 N–H and O–H groups in total. The quantitative estimate of drug-likeness (QED) is 0.635. The van der Waals surface area contributed by atoms with Crippen LogP contribution in [0.1, 0.15) is 5.56 Å². The molecule has 4 rings (SSSR count). The number of methoxy groups -OCH3 is 1. The highest BCUT2D eigenvalue weighted by Crippen LogP contribution is 2.24. The number of para-hydroxylation sites is 1. The Bertz CT molecular complexity index is 1130. The first-order valence-corrected chi connectivity index (χ1v) is 11.6. The summed E-state index contributed by atoms with van der Waals surface area (Å²) >= 11 is 0. The van der Waals surface area contributed by atoms with E-state index in [2.05, 4.69) is 43.8 Å². The van der Waals surface area contributed by atoms with Crippen LogP contribution < -0.4 is 19.3 Å². The van der Waals surface area contributed by atoms with Gasteiger partial charge in [0.2, 0.25) is 0 Å². The molecule has 0 atom stereocenters. The lowest BCUT2D eigenvalue weighted by molar-refractivity contribution is 0.411. The molecule has 0 bridgehead atoms. The molecule has 3 aromatic rings. The van der Waals surface area contributed by atoms with E-state index in [-0.39, 0.29) is 4.90 Å². The first-order valence-electron chi connectivity index (χ1n) is 10.1. The van der Waals surface area contributed by atoms with Crippen molar-refractivity contribution in [1.29, 1.82) is 0 Å². The third-order valence-electron chi connectivity index (χ3n) is 5.40. The van der Waals surface area contributed by atoms with Crippen molar-refractivity contribution >= 4 is 27.2 Å². The number of ether oxygens (including phenoxy) is 1. The first-order chi connectivity index (χ1) is 15.0. The van der Waals surface area contributed by atoms with E-state index in [1.807, 2.05) is 19.1 Å². The van der Waals surface area contributed by atoms with Crippen molar-refractivity contribution in [3.63, 3.8) is 0 Å². The van der Waals surface area contributed by atoms with Crippen molar-refractivity contribution in [2.45, 2.75) is 11.8 Å². The van der Waals surface area contributed by atoms with Gasteiger partial charge < -0.3 is 14.5 Å². The Morgan fingerprint density at radius 1 is 0.935 bits per heavy atom. The van der Waals surface area contributed by atoms with Crippen molar-refractivity contribution in [3.05, 3.63) is 72.4 Å². The van der Waals surface area contributed by atoms with Crippen LogP contribution in [0.5, 0.6) is 5.75 Å². The molecule has 0 saturated carbocycles. The molecule has 0 spiro atoms. The third-order valence-corrected chi connectivity index (χ3v) is 6.78. The number of hydrogen-bond donors (Lipinski definition) is 1. The Morgan fingerprint density at radius 3 is 2.26 bits per heavy atom. The summed E-state index contributed by atoms with van der Waals surface area (Å²) in [6, 6.07) is 18.8. The van der Waals surface area contributed by atoms with Gasteiger partial charge in [0, 0.05) is 31.9 Å². The van der Waals surface area contributed by atoms with E-state index in [0.717, 1.165) is 37.6 Å². The van der Waals surface area contributed by atoms with E-state index < -0.39 is 10.0 Å². The molecular weight excluding hydrogens is 412 g/mol. The molecule has 0 radical (unpaired) electrons. The molecule has 1 aliphatic heterocycles. The summed E-state index contributed by atoms with van der Waals surface area (Å²) in [6.07, 6.45) is 1.56. The van der Waals surface area contributed by atoms with Crippen LogP contribution in [0.15, 0.2) is 71.8 Å². The van der Waals surface area contributed by atoms with Gasteiger partial charge in [-0.3, -0.25) is 4.72 Å². The van der Waals surface area contributed by atoms with Gasteiger partial charge in [-0.1, -0.05) is 18.2 Å². The minimum absolute atomic E-state index is 0.187. The Balaban J connectivity index is 1.40. The fourth-order valence-electron chi connectivity index (χ4n) is 3.70. The number of benzene rings is 2. The van der Waals surface area contributed by atoms with E-state index in [9.17, 15) is 8.42 Å². The number of hydrogen-bond acceptors (Lipinski definition) is 6. The van der Waals surface area contributed by atoms with Gasteiger partial charge in [0.05, 0.1) is 23.9 Å². The number of sulfonamides is 1. The average Bonchev–Trinajstić information content (AvgIpc) is 2.80. The van der Waals surface area contributed by atoms with Crippen LogP contribution in [-0.2, 0) is 10.0 Å². The van der Waals surface area contributed by atoms with Crippen LogP contribution in [0.25, 0.3) is 0 Å². The second-order valence-electron chi connectivity index (χ2n) is 7.45. The van der Waals surface area contributed by atoms with Crippen molar-refractivity contribution < 1.29 is 13.2 Å². The maximum Gasteiger partial charge on any atom is 0.261 e. The molecule has 2 heterocycles. The number of anilines is 3. The number of aryl methyl sites for hydroxylation is 1. The lowest BCUT2D eigenvalue weighted by Crippen LogP contribution is -2.46. The molecule has 1 saturated heterocycles. The van der Waals surface area contributed by atoms with Crippen LogP contribution in [-0.4, -0.2) is 46.7 Å². The minimum atomic E-state index is -3.70. The zero-order chi connectivity index (χ0) is 21.8. The van der Waals surface area contributed by atoms with Gasteiger partial charge in [-0.15, -0.1) is 0 Å². The monoisotopic (exact) mass is 438 g/mol. The summed E-state index contributed by atoms with van der Waals surface area (Å²) in [4.78, 5) is 9.24. The minimum Gasteiger partial charge on any atom is -0.496 e. The van der Waals surface area contributed by atoms with E-state index in [1.54, 1.807) is 31.5 Å². The van der Waals surface area contributed by atoms with Crippen LogP contribution in [0.3, 0.4) is 0 Å². The normalized spacial score (nSPS) is 14.4. The van der Waals surface area contributed by atoms with Crippen LogP contribution in [0.2, 0.25) is 0 Å². The summed E-state index contributed by atoms with van der Waals surface area (Å²) in [6.45, 7) is 5.36. The molecule has 0 aliphatic carbocycles. The summed E-state index contributed by atoms with van der Waals surface area (Å²) in [5.41, 5.74) is 2.42. The zero-order valence-electron chi connectivity index (χ0n) is 17.7. The number of nitrogens with zero attached hydrogens (tertiary/aromatic N) is 3. The van der Waals surface area contributed by atoms with Gasteiger partial charge >= 0.3 is 0 Å². The molecule has 7 nitrogen and oxygen atoms in total. The van der Waals surface area contributed by atoms with Crippen LogP contribution in [0.4, 0.5) is 17.2 Å². The maximum atomic E-state index is 12.7. The highest BCUT2D eigenvalue weighted by Gasteiger charge is 2.19. The Labute approximate surface area is 183 Å². The first kappa shape index (κ1) is 21.0. The molecule has 162 valence electrons. The van der Waals surface area contributed by atoms with Gasteiger partial charge in [0.1, 0.15) is 11.6 Å². The van der Waals surface area contributed by atoms with Gasteiger partial charge in [-0.05, 0) is 55.0 Å². The largest absolute Gasteiger partial charge is 0.496 e. The highest BCUT2D eigenvalue weighted by atomic mass is 32.2. The van der Waals surface area contributed by atoms with E-state index in [4.69, 9.17) is 4.74 Å². The van der Waals surface area contributed by atoms with Crippen LogP contribution in [0, 0.1) is 6.92 Å².